The second-order valence-corrected chi connectivity index (χ2v) is 4.22. The van der Waals surface area contributed by atoms with Crippen molar-refractivity contribution in [2.75, 3.05) is 26.2 Å². The molecule has 0 aromatic carbocycles. The van der Waals surface area contributed by atoms with Crippen molar-refractivity contribution in [2.45, 2.75) is 6.54 Å². The highest BCUT2D eigenvalue weighted by Gasteiger charge is 2.36. The maximum atomic E-state index is 4.72. The maximum Gasteiger partial charge on any atom is 0.213 e. The summed E-state index contributed by atoms with van der Waals surface area (Å²) in [7, 11) is 0. The molecule has 2 aliphatic rings. The minimum Gasteiger partial charge on any atom is -0.343 e. The van der Waals surface area contributed by atoms with Gasteiger partial charge in [-0.25, -0.2) is 0 Å². The molecule has 0 aliphatic carbocycles. The summed E-state index contributed by atoms with van der Waals surface area (Å²) in [5.74, 6) is 2.47. The van der Waals surface area contributed by atoms with E-state index in [0.29, 0.717) is 0 Å². The van der Waals surface area contributed by atoms with Gasteiger partial charge in [-0.2, -0.15) is 4.98 Å². The number of aromatic nitrogens is 2. The van der Waals surface area contributed by atoms with Gasteiger partial charge in [-0.05, 0) is 24.9 Å². The van der Waals surface area contributed by atoms with Crippen molar-refractivity contribution in [3.63, 3.8) is 0 Å². The van der Waals surface area contributed by atoms with Crippen LogP contribution in [0.2, 0.25) is 0 Å². The molecule has 2 unspecified atom stereocenters. The molecule has 5 nitrogen and oxygen atoms in total. The monoisotopic (exact) mass is 194 g/mol. The summed E-state index contributed by atoms with van der Waals surface area (Å²) >= 11 is 0. The van der Waals surface area contributed by atoms with Gasteiger partial charge in [0.05, 0.1) is 6.54 Å². The van der Waals surface area contributed by atoms with E-state index in [-0.39, 0.29) is 0 Å². The molecule has 0 saturated carbocycles. The summed E-state index contributed by atoms with van der Waals surface area (Å²) in [5, 5.41) is 7.26. The fraction of sp³-hybridized carbons (Fsp3) is 0.778. The molecule has 1 N–H and O–H groups in total. The van der Waals surface area contributed by atoms with Gasteiger partial charge in [0.2, 0.25) is 6.39 Å². The number of nitrogens with one attached hydrogen (secondary N) is 1. The average Bonchev–Trinajstić information content (AvgIpc) is 2.78. The van der Waals surface area contributed by atoms with Crippen LogP contribution in [0, 0.1) is 11.8 Å². The number of hydrogen-bond donors (Lipinski definition) is 1. The second kappa shape index (κ2) is 3.33. The van der Waals surface area contributed by atoms with E-state index < -0.39 is 0 Å². The highest BCUT2D eigenvalue weighted by atomic mass is 16.5. The lowest BCUT2D eigenvalue weighted by Gasteiger charge is -2.13. The maximum absolute atomic E-state index is 4.72. The number of likely N-dealkylation sites (tertiary alicyclic amines) is 1. The summed E-state index contributed by atoms with van der Waals surface area (Å²) in [6.45, 7) is 5.53. The van der Waals surface area contributed by atoms with Crippen LogP contribution in [0.25, 0.3) is 0 Å². The van der Waals surface area contributed by atoms with Gasteiger partial charge in [-0.3, -0.25) is 4.90 Å². The average molecular weight is 194 g/mol. The van der Waals surface area contributed by atoms with Gasteiger partial charge in [0.25, 0.3) is 0 Å². The zero-order chi connectivity index (χ0) is 9.38. The zero-order valence-electron chi connectivity index (χ0n) is 8.02. The van der Waals surface area contributed by atoms with Gasteiger partial charge in [0.15, 0.2) is 5.82 Å². The van der Waals surface area contributed by atoms with Crippen LogP contribution in [-0.4, -0.2) is 41.2 Å². The summed E-state index contributed by atoms with van der Waals surface area (Å²) in [4.78, 5) is 6.46. The van der Waals surface area contributed by atoms with Crippen molar-refractivity contribution in [3.8, 4) is 0 Å². The highest BCUT2D eigenvalue weighted by molar-refractivity contribution is 4.92. The minimum absolute atomic E-state index is 0.804. The Bertz CT molecular complexity index is 288. The third-order valence-corrected chi connectivity index (χ3v) is 3.24. The summed E-state index contributed by atoms with van der Waals surface area (Å²) in [6.07, 6.45) is 1.40. The van der Waals surface area contributed by atoms with Crippen LogP contribution in [-0.2, 0) is 6.54 Å². The van der Waals surface area contributed by atoms with Crippen LogP contribution >= 0.6 is 0 Å². The molecule has 0 radical (unpaired) electrons. The Balaban J connectivity index is 1.61. The topological polar surface area (TPSA) is 54.2 Å². The minimum atomic E-state index is 0.804. The lowest BCUT2D eigenvalue weighted by atomic mass is 10.0. The molecule has 2 fully saturated rings. The molecular formula is C9H14N4O. The molecule has 14 heavy (non-hydrogen) atoms. The van der Waals surface area contributed by atoms with Crippen LogP contribution in [0.3, 0.4) is 0 Å². The SMILES string of the molecule is c1nc(CN2CC3CNCC3C2)no1. The fourth-order valence-electron chi connectivity index (χ4n) is 2.54. The van der Waals surface area contributed by atoms with E-state index in [0.717, 1.165) is 24.2 Å². The summed E-state index contributed by atoms with van der Waals surface area (Å²) in [6, 6.07) is 0. The molecule has 2 aliphatic heterocycles. The van der Waals surface area contributed by atoms with Gasteiger partial charge in [-0.1, -0.05) is 5.16 Å². The van der Waals surface area contributed by atoms with Crippen molar-refractivity contribution >= 4 is 0 Å². The van der Waals surface area contributed by atoms with E-state index in [1.165, 1.54) is 32.6 Å². The summed E-state index contributed by atoms with van der Waals surface area (Å²) in [5.41, 5.74) is 0. The summed E-state index contributed by atoms with van der Waals surface area (Å²) < 4.78 is 4.72. The predicted octanol–water partition coefficient (Wildman–Crippen LogP) is -0.279. The number of hydrogen-bond acceptors (Lipinski definition) is 5. The smallest absolute Gasteiger partial charge is 0.213 e. The highest BCUT2D eigenvalue weighted by Crippen LogP contribution is 2.26. The Kier molecular flexibility index (Phi) is 1.99. The van der Waals surface area contributed by atoms with Crippen LogP contribution in [0.1, 0.15) is 5.82 Å². The third kappa shape index (κ3) is 1.42. The molecule has 1 aromatic rings. The number of rotatable bonds is 2. The molecule has 3 heterocycles. The van der Waals surface area contributed by atoms with E-state index in [9.17, 15) is 0 Å². The Morgan fingerprint density at radius 2 is 2.21 bits per heavy atom. The largest absolute Gasteiger partial charge is 0.343 e. The van der Waals surface area contributed by atoms with Crippen LogP contribution < -0.4 is 5.32 Å². The molecule has 76 valence electrons. The Hall–Kier alpha value is -0.940. The standard InChI is InChI=1S/C9H14N4O/c1-7-3-13(4-8(7)2-10-1)5-9-11-6-14-12-9/h6-8,10H,1-5H2. The lowest BCUT2D eigenvalue weighted by molar-refractivity contribution is 0.290. The Labute approximate surface area is 82.5 Å². The first-order chi connectivity index (χ1) is 6.92. The van der Waals surface area contributed by atoms with E-state index >= 15 is 0 Å². The first-order valence-electron chi connectivity index (χ1n) is 5.10. The van der Waals surface area contributed by atoms with Crippen LogP contribution in [0.15, 0.2) is 10.9 Å². The van der Waals surface area contributed by atoms with Gasteiger partial charge >= 0.3 is 0 Å². The molecule has 0 amide bonds. The Morgan fingerprint density at radius 1 is 1.43 bits per heavy atom. The molecule has 3 rings (SSSR count). The normalized spacial score (nSPS) is 32.3. The predicted molar refractivity (Wildman–Crippen MR) is 49.4 cm³/mol. The van der Waals surface area contributed by atoms with Gasteiger partial charge in [0.1, 0.15) is 0 Å². The van der Waals surface area contributed by atoms with Crippen molar-refractivity contribution < 1.29 is 4.52 Å². The third-order valence-electron chi connectivity index (χ3n) is 3.24. The van der Waals surface area contributed by atoms with E-state index in [4.69, 9.17) is 4.52 Å². The van der Waals surface area contributed by atoms with Crippen molar-refractivity contribution in [1.29, 1.82) is 0 Å². The van der Waals surface area contributed by atoms with E-state index in [1.54, 1.807) is 0 Å². The van der Waals surface area contributed by atoms with Gasteiger partial charge in [0, 0.05) is 13.1 Å². The van der Waals surface area contributed by atoms with E-state index in [2.05, 4.69) is 20.4 Å². The second-order valence-electron chi connectivity index (χ2n) is 4.22. The fourth-order valence-corrected chi connectivity index (χ4v) is 2.54. The zero-order valence-corrected chi connectivity index (χ0v) is 8.02. The molecule has 1 aromatic heterocycles. The van der Waals surface area contributed by atoms with Crippen LogP contribution in [0.5, 0.6) is 0 Å². The first-order valence-corrected chi connectivity index (χ1v) is 5.10. The molecular weight excluding hydrogens is 180 g/mol. The molecule has 2 saturated heterocycles. The quantitative estimate of drug-likeness (QED) is 0.701. The van der Waals surface area contributed by atoms with Gasteiger partial charge < -0.3 is 9.84 Å². The number of nitrogens with zero attached hydrogens (tertiary/aromatic N) is 3. The molecule has 0 spiro atoms. The van der Waals surface area contributed by atoms with Crippen molar-refractivity contribution in [2.24, 2.45) is 11.8 Å². The molecule has 2 atom stereocenters. The van der Waals surface area contributed by atoms with Crippen molar-refractivity contribution in [1.82, 2.24) is 20.4 Å². The Morgan fingerprint density at radius 3 is 2.86 bits per heavy atom. The van der Waals surface area contributed by atoms with Crippen LogP contribution in [0.4, 0.5) is 0 Å². The van der Waals surface area contributed by atoms with Gasteiger partial charge in [-0.15, -0.1) is 0 Å². The lowest BCUT2D eigenvalue weighted by Crippen LogP contribution is -2.25. The number of fused-ring (bicyclic) bond motifs is 1. The van der Waals surface area contributed by atoms with Crippen molar-refractivity contribution in [3.05, 3.63) is 12.2 Å². The molecule has 0 bridgehead atoms. The van der Waals surface area contributed by atoms with E-state index in [1.807, 2.05) is 0 Å². The first kappa shape index (κ1) is 8.38. The molecule has 5 heteroatoms.